The number of hydrogen-bond acceptors (Lipinski definition) is 4. The Morgan fingerprint density at radius 3 is 2.80 bits per heavy atom. The van der Waals surface area contributed by atoms with Gasteiger partial charge in [-0.15, -0.1) is 0 Å². The first-order chi connectivity index (χ1) is 9.54. The average molecular weight is 274 g/mol. The van der Waals surface area contributed by atoms with Crippen molar-refractivity contribution in [2.45, 2.75) is 26.7 Å². The Morgan fingerprint density at radius 2 is 2.10 bits per heavy atom. The molecule has 0 aliphatic rings. The van der Waals surface area contributed by atoms with Gasteiger partial charge in [-0.2, -0.15) is 4.73 Å². The number of hydrogen-bond donors (Lipinski definition) is 0. The first-order valence-electron chi connectivity index (χ1n) is 6.40. The summed E-state index contributed by atoms with van der Waals surface area (Å²) in [4.78, 5) is 20.5. The lowest BCUT2D eigenvalue weighted by molar-refractivity contribution is 0.0608. The summed E-state index contributed by atoms with van der Waals surface area (Å²) in [5.74, 6) is 0.665. The lowest BCUT2D eigenvalue weighted by Gasteiger charge is -2.16. The van der Waals surface area contributed by atoms with Gasteiger partial charge >= 0.3 is 6.16 Å². The van der Waals surface area contributed by atoms with Crippen molar-refractivity contribution >= 4 is 6.16 Å². The van der Waals surface area contributed by atoms with Gasteiger partial charge in [0.25, 0.3) is 0 Å². The van der Waals surface area contributed by atoms with Crippen molar-refractivity contribution in [3.8, 4) is 0 Å². The van der Waals surface area contributed by atoms with Crippen LogP contribution in [0.2, 0.25) is 0 Å². The minimum Gasteiger partial charge on any atom is -0.436 e. The minimum absolute atomic E-state index is 0.00885. The molecule has 0 bridgehead atoms. The molecule has 0 saturated heterocycles. The van der Waals surface area contributed by atoms with Gasteiger partial charge in [-0.05, 0) is 30.5 Å². The van der Waals surface area contributed by atoms with Gasteiger partial charge in [0, 0.05) is 12.1 Å². The molecule has 5 nitrogen and oxygen atoms in total. The highest BCUT2D eigenvalue weighted by molar-refractivity contribution is 5.59. The summed E-state index contributed by atoms with van der Waals surface area (Å²) in [6.45, 7) is 6.18. The van der Waals surface area contributed by atoms with E-state index in [0.29, 0.717) is 5.82 Å². The summed E-state index contributed by atoms with van der Waals surface area (Å²) in [7, 11) is 1.27. The third kappa shape index (κ3) is 2.66. The van der Waals surface area contributed by atoms with Crippen LogP contribution >= 0.6 is 0 Å². The number of imidazole rings is 1. The molecule has 1 aromatic heterocycles. The van der Waals surface area contributed by atoms with Crippen LogP contribution in [0.25, 0.3) is 0 Å². The van der Waals surface area contributed by atoms with E-state index < -0.39 is 6.16 Å². The van der Waals surface area contributed by atoms with Crippen LogP contribution in [0.5, 0.6) is 0 Å². The fourth-order valence-electron chi connectivity index (χ4n) is 2.18. The van der Waals surface area contributed by atoms with E-state index in [1.165, 1.54) is 23.0 Å². The van der Waals surface area contributed by atoms with E-state index in [2.05, 4.69) is 35.7 Å². The average Bonchev–Trinajstić information content (AvgIpc) is 2.89. The SMILES string of the molecule is COC(=O)On1ccnc1C(C)c1cccc(C)c1C. The predicted molar refractivity (Wildman–Crippen MR) is 74.6 cm³/mol. The fourth-order valence-corrected chi connectivity index (χ4v) is 2.18. The van der Waals surface area contributed by atoms with Gasteiger partial charge in [-0.1, -0.05) is 25.1 Å². The van der Waals surface area contributed by atoms with Gasteiger partial charge in [0.15, 0.2) is 5.82 Å². The highest BCUT2D eigenvalue weighted by Gasteiger charge is 2.19. The number of aryl methyl sites for hydroxylation is 1. The zero-order valence-electron chi connectivity index (χ0n) is 12.1. The molecule has 0 fully saturated rings. The highest BCUT2D eigenvalue weighted by atomic mass is 16.8. The molecule has 0 saturated carbocycles. The maximum absolute atomic E-state index is 11.2. The van der Waals surface area contributed by atoms with E-state index >= 15 is 0 Å². The summed E-state index contributed by atoms with van der Waals surface area (Å²) in [6.07, 6.45) is 2.42. The van der Waals surface area contributed by atoms with E-state index in [0.717, 1.165) is 5.56 Å². The Hall–Kier alpha value is -2.30. The molecule has 1 aromatic carbocycles. The van der Waals surface area contributed by atoms with E-state index in [9.17, 15) is 4.79 Å². The summed E-state index contributed by atoms with van der Waals surface area (Å²) in [5, 5.41) is 0. The van der Waals surface area contributed by atoms with Crippen LogP contribution in [0.3, 0.4) is 0 Å². The molecule has 0 radical (unpaired) electrons. The summed E-state index contributed by atoms with van der Waals surface area (Å²) in [6, 6.07) is 6.15. The first kappa shape index (κ1) is 14.1. The predicted octanol–water partition coefficient (Wildman–Crippen LogP) is 2.85. The van der Waals surface area contributed by atoms with Crippen molar-refractivity contribution in [3.05, 3.63) is 53.1 Å². The van der Waals surface area contributed by atoms with Crippen molar-refractivity contribution in [2.24, 2.45) is 0 Å². The Morgan fingerprint density at radius 1 is 1.35 bits per heavy atom. The van der Waals surface area contributed by atoms with Crippen LogP contribution in [0, 0.1) is 13.8 Å². The molecular weight excluding hydrogens is 256 g/mol. The maximum Gasteiger partial charge on any atom is 0.533 e. The molecular formula is C15H18N2O3. The molecule has 1 atom stereocenters. The van der Waals surface area contributed by atoms with E-state index in [-0.39, 0.29) is 5.92 Å². The Labute approximate surface area is 118 Å². The molecule has 0 aliphatic carbocycles. The largest absolute Gasteiger partial charge is 0.533 e. The minimum atomic E-state index is -0.766. The second kappa shape index (κ2) is 5.77. The number of aromatic nitrogens is 2. The second-order valence-corrected chi connectivity index (χ2v) is 4.67. The zero-order chi connectivity index (χ0) is 14.7. The number of carbonyl (C=O) groups is 1. The maximum atomic E-state index is 11.2. The molecule has 106 valence electrons. The van der Waals surface area contributed by atoms with Crippen LogP contribution in [0.1, 0.15) is 35.4 Å². The van der Waals surface area contributed by atoms with E-state index in [1.807, 2.05) is 13.0 Å². The van der Waals surface area contributed by atoms with Crippen molar-refractivity contribution in [1.29, 1.82) is 0 Å². The Kier molecular flexibility index (Phi) is 4.08. The Bertz CT molecular complexity index is 619. The topological polar surface area (TPSA) is 53.4 Å². The monoisotopic (exact) mass is 274 g/mol. The molecule has 2 rings (SSSR count). The first-order valence-corrected chi connectivity index (χ1v) is 6.40. The quantitative estimate of drug-likeness (QED) is 0.808. The van der Waals surface area contributed by atoms with Crippen LogP contribution in [0.15, 0.2) is 30.6 Å². The van der Waals surface area contributed by atoms with Gasteiger partial charge in [0.05, 0.1) is 13.3 Å². The summed E-state index contributed by atoms with van der Waals surface area (Å²) >= 11 is 0. The van der Waals surface area contributed by atoms with Crippen molar-refractivity contribution in [2.75, 3.05) is 7.11 Å². The molecule has 0 spiro atoms. The second-order valence-electron chi connectivity index (χ2n) is 4.67. The normalized spacial score (nSPS) is 12.0. The van der Waals surface area contributed by atoms with Gasteiger partial charge in [0.1, 0.15) is 0 Å². The molecule has 1 unspecified atom stereocenters. The van der Waals surface area contributed by atoms with E-state index in [1.54, 1.807) is 12.4 Å². The smallest absolute Gasteiger partial charge is 0.436 e. The lowest BCUT2D eigenvalue weighted by Crippen LogP contribution is -2.22. The molecule has 2 aromatic rings. The van der Waals surface area contributed by atoms with Crippen LogP contribution < -0.4 is 4.84 Å². The molecule has 0 amide bonds. The number of ether oxygens (including phenoxy) is 1. The van der Waals surface area contributed by atoms with Crippen molar-refractivity contribution in [1.82, 2.24) is 9.71 Å². The third-order valence-electron chi connectivity index (χ3n) is 3.47. The molecule has 20 heavy (non-hydrogen) atoms. The zero-order valence-corrected chi connectivity index (χ0v) is 12.1. The number of rotatable bonds is 3. The van der Waals surface area contributed by atoms with Crippen LogP contribution in [0.4, 0.5) is 4.79 Å². The third-order valence-corrected chi connectivity index (χ3v) is 3.47. The highest BCUT2D eigenvalue weighted by Crippen LogP contribution is 2.26. The van der Waals surface area contributed by atoms with Crippen LogP contribution in [-0.4, -0.2) is 23.0 Å². The van der Waals surface area contributed by atoms with Gasteiger partial charge < -0.3 is 9.57 Å². The van der Waals surface area contributed by atoms with Crippen LogP contribution in [-0.2, 0) is 4.74 Å². The fraction of sp³-hybridized carbons (Fsp3) is 0.333. The summed E-state index contributed by atoms with van der Waals surface area (Å²) < 4.78 is 5.84. The van der Waals surface area contributed by atoms with Gasteiger partial charge in [0.2, 0.25) is 0 Å². The standard InChI is InChI=1S/C15H18N2O3/c1-10-6-5-7-13(11(10)2)12(3)14-16-8-9-17(14)20-15(18)19-4/h5-9,12H,1-4H3. The van der Waals surface area contributed by atoms with Gasteiger partial charge in [-0.25, -0.2) is 9.78 Å². The molecule has 1 heterocycles. The van der Waals surface area contributed by atoms with Crippen molar-refractivity contribution < 1.29 is 14.4 Å². The lowest BCUT2D eigenvalue weighted by atomic mass is 9.93. The molecule has 0 aliphatic heterocycles. The summed E-state index contributed by atoms with van der Waals surface area (Å²) in [5.41, 5.74) is 3.60. The molecule has 0 N–H and O–H groups in total. The van der Waals surface area contributed by atoms with E-state index in [4.69, 9.17) is 4.84 Å². The number of methoxy groups -OCH3 is 1. The molecule has 5 heteroatoms. The Balaban J connectivity index is 2.34. The number of benzene rings is 1. The number of nitrogens with zero attached hydrogens (tertiary/aromatic N) is 2. The van der Waals surface area contributed by atoms with Gasteiger partial charge in [-0.3, -0.25) is 0 Å². The number of carbonyl (C=O) groups excluding carboxylic acids is 1. The van der Waals surface area contributed by atoms with Crippen molar-refractivity contribution in [3.63, 3.8) is 0 Å².